The lowest BCUT2D eigenvalue weighted by Crippen LogP contribution is -2.48. The molecule has 6 nitrogen and oxygen atoms in total. The molecule has 1 aliphatic rings. The van der Waals surface area contributed by atoms with Crippen molar-refractivity contribution in [3.63, 3.8) is 0 Å². The van der Waals surface area contributed by atoms with E-state index in [1.54, 1.807) is 11.3 Å². The maximum Gasteiger partial charge on any atom is 0.211 e. The second-order valence-corrected chi connectivity index (χ2v) is 8.13. The Bertz CT molecular complexity index is 533. The minimum absolute atomic E-state index is 0.443. The van der Waals surface area contributed by atoms with Crippen LogP contribution < -0.4 is 10.2 Å². The van der Waals surface area contributed by atoms with Crippen molar-refractivity contribution >= 4 is 26.5 Å². The molecule has 1 aromatic heterocycles. The number of piperazine rings is 1. The zero-order chi connectivity index (χ0) is 14.8. The predicted octanol–water partition coefficient (Wildman–Crippen LogP) is 0.723. The van der Waals surface area contributed by atoms with E-state index in [1.807, 2.05) is 0 Å². The van der Waals surface area contributed by atoms with Crippen LogP contribution in [-0.2, 0) is 16.6 Å². The van der Waals surface area contributed by atoms with Crippen LogP contribution >= 0.6 is 11.3 Å². The van der Waals surface area contributed by atoms with Crippen molar-refractivity contribution in [1.82, 2.24) is 14.6 Å². The zero-order valence-corrected chi connectivity index (χ0v) is 13.8. The second kappa shape index (κ2) is 6.38. The number of thiazole rings is 1. The van der Waals surface area contributed by atoms with E-state index in [2.05, 4.69) is 34.4 Å². The van der Waals surface area contributed by atoms with E-state index in [-0.39, 0.29) is 0 Å². The predicted molar refractivity (Wildman–Crippen MR) is 82.7 cm³/mol. The Morgan fingerprint density at radius 2 is 2.00 bits per heavy atom. The smallest absolute Gasteiger partial charge is 0.211 e. The summed E-state index contributed by atoms with van der Waals surface area (Å²) in [5, 5.41) is 6.39. The lowest BCUT2D eigenvalue weighted by atomic mass is 10.3. The van der Waals surface area contributed by atoms with Crippen LogP contribution in [-0.4, -0.2) is 56.2 Å². The third-order valence-corrected chi connectivity index (χ3v) is 5.46. The van der Waals surface area contributed by atoms with Crippen molar-refractivity contribution in [2.75, 3.05) is 37.3 Å². The summed E-state index contributed by atoms with van der Waals surface area (Å²) >= 11 is 1.62. The van der Waals surface area contributed by atoms with Gasteiger partial charge in [-0.2, -0.15) is 4.31 Å². The van der Waals surface area contributed by atoms with Crippen LogP contribution in [0.2, 0.25) is 0 Å². The van der Waals surface area contributed by atoms with Gasteiger partial charge in [0, 0.05) is 44.1 Å². The number of rotatable bonds is 5. The number of anilines is 1. The summed E-state index contributed by atoms with van der Waals surface area (Å²) in [5.41, 5.74) is 1.05. The zero-order valence-electron chi connectivity index (χ0n) is 12.2. The van der Waals surface area contributed by atoms with Crippen molar-refractivity contribution in [2.24, 2.45) is 0 Å². The van der Waals surface area contributed by atoms with Crippen LogP contribution in [0.3, 0.4) is 0 Å². The van der Waals surface area contributed by atoms with Gasteiger partial charge >= 0.3 is 0 Å². The third-order valence-electron chi connectivity index (χ3n) is 3.21. The standard InChI is InChI=1S/C12H22N4O2S2/c1-10(2)13-8-11-9-19-12(14-11)15-4-6-16(7-5-15)20(3,17)18/h9-10,13H,4-8H2,1-3H3. The van der Waals surface area contributed by atoms with E-state index in [1.165, 1.54) is 10.6 Å². The van der Waals surface area contributed by atoms with Gasteiger partial charge in [-0.15, -0.1) is 11.3 Å². The number of hydrogen-bond acceptors (Lipinski definition) is 6. The summed E-state index contributed by atoms with van der Waals surface area (Å²) in [5.74, 6) is 0. The molecule has 0 unspecified atom stereocenters. The van der Waals surface area contributed by atoms with E-state index in [0.717, 1.165) is 17.4 Å². The van der Waals surface area contributed by atoms with Gasteiger partial charge in [-0.05, 0) is 0 Å². The molecule has 20 heavy (non-hydrogen) atoms. The molecule has 1 N–H and O–H groups in total. The minimum atomic E-state index is -3.06. The van der Waals surface area contributed by atoms with Crippen molar-refractivity contribution in [3.8, 4) is 0 Å². The van der Waals surface area contributed by atoms with Gasteiger partial charge in [-0.25, -0.2) is 13.4 Å². The van der Waals surface area contributed by atoms with Gasteiger partial charge < -0.3 is 10.2 Å². The molecule has 0 saturated carbocycles. The summed E-state index contributed by atoms with van der Waals surface area (Å²) in [6.45, 7) is 7.48. The van der Waals surface area contributed by atoms with Crippen LogP contribution in [0.4, 0.5) is 5.13 Å². The number of nitrogens with zero attached hydrogens (tertiary/aromatic N) is 3. The molecule has 0 spiro atoms. The Labute approximate surface area is 124 Å². The fraction of sp³-hybridized carbons (Fsp3) is 0.750. The van der Waals surface area contributed by atoms with Crippen molar-refractivity contribution in [3.05, 3.63) is 11.1 Å². The maximum absolute atomic E-state index is 11.5. The first kappa shape index (κ1) is 15.7. The molecule has 1 aliphatic heterocycles. The summed E-state index contributed by atoms with van der Waals surface area (Å²) in [6, 6.07) is 0.443. The topological polar surface area (TPSA) is 65.5 Å². The highest BCUT2D eigenvalue weighted by Gasteiger charge is 2.24. The van der Waals surface area contributed by atoms with Crippen LogP contribution in [0, 0.1) is 0 Å². The SMILES string of the molecule is CC(C)NCc1csc(N2CCN(S(C)(=O)=O)CC2)n1. The molecule has 1 fully saturated rings. The van der Waals surface area contributed by atoms with Crippen LogP contribution in [0.15, 0.2) is 5.38 Å². The Hall–Kier alpha value is -0.700. The number of aromatic nitrogens is 1. The van der Waals surface area contributed by atoms with Crippen LogP contribution in [0.25, 0.3) is 0 Å². The van der Waals surface area contributed by atoms with Gasteiger partial charge in [0.05, 0.1) is 11.9 Å². The highest BCUT2D eigenvalue weighted by molar-refractivity contribution is 7.88. The van der Waals surface area contributed by atoms with Gasteiger partial charge in [0.1, 0.15) is 0 Å². The Morgan fingerprint density at radius 3 is 2.55 bits per heavy atom. The van der Waals surface area contributed by atoms with Crippen LogP contribution in [0.1, 0.15) is 19.5 Å². The highest BCUT2D eigenvalue weighted by Crippen LogP contribution is 2.22. The molecule has 0 bridgehead atoms. The van der Waals surface area contributed by atoms with Gasteiger partial charge in [0.15, 0.2) is 5.13 Å². The number of sulfonamides is 1. The molecule has 0 atom stereocenters. The van der Waals surface area contributed by atoms with Gasteiger partial charge in [0.25, 0.3) is 0 Å². The first-order valence-corrected chi connectivity index (χ1v) is 9.47. The second-order valence-electron chi connectivity index (χ2n) is 5.31. The molecule has 2 heterocycles. The van der Waals surface area contributed by atoms with Crippen molar-refractivity contribution in [2.45, 2.75) is 26.4 Å². The Kier molecular flexibility index (Phi) is 5.00. The molecule has 114 valence electrons. The monoisotopic (exact) mass is 318 g/mol. The van der Waals surface area contributed by atoms with E-state index in [9.17, 15) is 8.42 Å². The lowest BCUT2D eigenvalue weighted by molar-refractivity contribution is 0.388. The number of nitrogens with one attached hydrogen (secondary N) is 1. The summed E-state index contributed by atoms with van der Waals surface area (Å²) in [7, 11) is -3.06. The molecule has 0 radical (unpaired) electrons. The molecule has 0 aromatic carbocycles. The van der Waals surface area contributed by atoms with Crippen molar-refractivity contribution < 1.29 is 8.42 Å². The van der Waals surface area contributed by atoms with Crippen LogP contribution in [0.5, 0.6) is 0 Å². The molecule has 0 aliphatic carbocycles. The summed E-state index contributed by atoms with van der Waals surface area (Å²) < 4.78 is 24.5. The molecular formula is C12H22N4O2S2. The number of hydrogen-bond donors (Lipinski definition) is 1. The Balaban J connectivity index is 1.91. The molecule has 1 saturated heterocycles. The largest absolute Gasteiger partial charge is 0.345 e. The quantitative estimate of drug-likeness (QED) is 0.867. The summed E-state index contributed by atoms with van der Waals surface area (Å²) in [4.78, 5) is 6.77. The third kappa shape index (κ3) is 4.15. The fourth-order valence-electron chi connectivity index (χ4n) is 2.04. The van der Waals surface area contributed by atoms with E-state index in [0.29, 0.717) is 32.2 Å². The lowest BCUT2D eigenvalue weighted by Gasteiger charge is -2.32. The fourth-order valence-corrected chi connectivity index (χ4v) is 3.75. The minimum Gasteiger partial charge on any atom is -0.345 e. The van der Waals surface area contributed by atoms with E-state index in [4.69, 9.17) is 0 Å². The van der Waals surface area contributed by atoms with Gasteiger partial charge in [0.2, 0.25) is 10.0 Å². The Morgan fingerprint density at radius 1 is 1.35 bits per heavy atom. The molecule has 2 rings (SSSR count). The first-order chi connectivity index (χ1) is 9.36. The van der Waals surface area contributed by atoms with E-state index < -0.39 is 10.0 Å². The summed E-state index contributed by atoms with van der Waals surface area (Å²) in [6.07, 6.45) is 1.27. The van der Waals surface area contributed by atoms with Crippen molar-refractivity contribution in [1.29, 1.82) is 0 Å². The first-order valence-electron chi connectivity index (χ1n) is 6.74. The average Bonchev–Trinajstić information content (AvgIpc) is 2.84. The molecule has 8 heteroatoms. The molecular weight excluding hydrogens is 296 g/mol. The maximum atomic E-state index is 11.5. The molecule has 1 aromatic rings. The molecule has 0 amide bonds. The average molecular weight is 318 g/mol. The van der Waals surface area contributed by atoms with Gasteiger partial charge in [-0.1, -0.05) is 13.8 Å². The van der Waals surface area contributed by atoms with Gasteiger partial charge in [-0.3, -0.25) is 0 Å². The van der Waals surface area contributed by atoms with E-state index >= 15 is 0 Å². The highest BCUT2D eigenvalue weighted by atomic mass is 32.2. The normalized spacial score (nSPS) is 17.9.